The number of ether oxygens (including phenoxy) is 2. The van der Waals surface area contributed by atoms with Crippen molar-refractivity contribution in [1.82, 2.24) is 10.6 Å². The average Bonchev–Trinajstić information content (AvgIpc) is 2.86. The molecule has 2 N–H and O–H groups in total. The van der Waals surface area contributed by atoms with Crippen LogP contribution in [0.4, 0.5) is 18.0 Å². The zero-order valence-electron chi connectivity index (χ0n) is 19.5. The van der Waals surface area contributed by atoms with Crippen molar-refractivity contribution in [2.75, 3.05) is 7.11 Å². The number of rotatable bonds is 7. The van der Waals surface area contributed by atoms with Gasteiger partial charge in [-0.2, -0.15) is 13.2 Å². The number of allylic oxidation sites excluding steroid dienone is 1. The quantitative estimate of drug-likeness (QED) is 0.405. The van der Waals surface area contributed by atoms with Crippen molar-refractivity contribution in [3.63, 3.8) is 0 Å². The molecule has 3 aromatic carbocycles. The maximum atomic E-state index is 13.3. The summed E-state index contributed by atoms with van der Waals surface area (Å²) in [5.74, 6) is 0.362. The predicted octanol–water partition coefficient (Wildman–Crippen LogP) is 5.80. The Hall–Kier alpha value is -4.27. The highest BCUT2D eigenvalue weighted by Gasteiger charge is 2.32. The van der Waals surface area contributed by atoms with Crippen LogP contribution in [0.3, 0.4) is 0 Å². The van der Waals surface area contributed by atoms with Crippen molar-refractivity contribution in [3.05, 3.63) is 106 Å². The monoisotopic (exact) mass is 496 g/mol. The van der Waals surface area contributed by atoms with Crippen molar-refractivity contribution in [2.45, 2.75) is 25.7 Å². The third kappa shape index (κ3) is 5.35. The third-order valence-corrected chi connectivity index (χ3v) is 5.72. The van der Waals surface area contributed by atoms with E-state index in [0.29, 0.717) is 39.5 Å². The van der Waals surface area contributed by atoms with E-state index in [1.807, 2.05) is 0 Å². The molecule has 6 nitrogen and oxygen atoms in total. The molecule has 9 heteroatoms. The normalized spacial score (nSPS) is 15.7. The first kappa shape index (κ1) is 24.8. The van der Waals surface area contributed by atoms with Gasteiger partial charge >= 0.3 is 12.2 Å². The van der Waals surface area contributed by atoms with Gasteiger partial charge in [-0.1, -0.05) is 48.5 Å². The van der Waals surface area contributed by atoms with Crippen LogP contribution >= 0.6 is 0 Å². The SMILES string of the molecule is COc1cc(C2NC(=O)NC(C)=C2C(=O)c2ccccc2)ccc1OCc1cccc(C(F)(F)F)c1. The number of Topliss-reactive ketones (excluding diaryl/α,β-unsaturated/α-hetero) is 1. The van der Waals surface area contributed by atoms with E-state index >= 15 is 0 Å². The van der Waals surface area contributed by atoms with E-state index in [-0.39, 0.29) is 12.4 Å². The highest BCUT2D eigenvalue weighted by Crippen LogP contribution is 2.36. The largest absolute Gasteiger partial charge is 0.493 e. The Morgan fingerprint density at radius 3 is 2.42 bits per heavy atom. The van der Waals surface area contributed by atoms with Crippen LogP contribution in [0.2, 0.25) is 0 Å². The minimum atomic E-state index is -4.45. The lowest BCUT2D eigenvalue weighted by Crippen LogP contribution is -2.45. The van der Waals surface area contributed by atoms with E-state index in [2.05, 4.69) is 10.6 Å². The number of benzene rings is 3. The molecule has 0 saturated carbocycles. The van der Waals surface area contributed by atoms with E-state index in [1.165, 1.54) is 19.2 Å². The molecule has 0 aliphatic carbocycles. The van der Waals surface area contributed by atoms with E-state index in [1.54, 1.807) is 55.5 Å². The molecule has 1 heterocycles. The first-order chi connectivity index (χ1) is 17.2. The summed E-state index contributed by atoms with van der Waals surface area (Å²) < 4.78 is 50.2. The molecule has 186 valence electrons. The van der Waals surface area contributed by atoms with Gasteiger partial charge in [0.15, 0.2) is 17.3 Å². The van der Waals surface area contributed by atoms with Gasteiger partial charge in [-0.25, -0.2) is 4.79 Å². The van der Waals surface area contributed by atoms with Crippen LogP contribution in [0, 0.1) is 0 Å². The summed E-state index contributed by atoms with van der Waals surface area (Å²) in [6, 6.07) is 17.3. The van der Waals surface area contributed by atoms with Gasteiger partial charge in [0.2, 0.25) is 0 Å². The summed E-state index contributed by atoms with van der Waals surface area (Å²) in [6.45, 7) is 1.55. The fourth-order valence-electron chi connectivity index (χ4n) is 3.97. The minimum absolute atomic E-state index is 0.111. The second-order valence-electron chi connectivity index (χ2n) is 8.16. The molecule has 0 saturated heterocycles. The fourth-order valence-corrected chi connectivity index (χ4v) is 3.97. The summed E-state index contributed by atoms with van der Waals surface area (Å²) in [5.41, 5.74) is 1.44. The number of nitrogens with one attached hydrogen (secondary N) is 2. The van der Waals surface area contributed by atoms with E-state index in [9.17, 15) is 22.8 Å². The van der Waals surface area contributed by atoms with Gasteiger partial charge in [0.25, 0.3) is 0 Å². The predicted molar refractivity (Wildman–Crippen MR) is 127 cm³/mol. The number of amides is 2. The molecule has 1 aliphatic heterocycles. The first-order valence-electron chi connectivity index (χ1n) is 11.0. The number of hydrogen-bond donors (Lipinski definition) is 2. The lowest BCUT2D eigenvalue weighted by Gasteiger charge is -2.29. The first-order valence-corrected chi connectivity index (χ1v) is 11.0. The smallest absolute Gasteiger partial charge is 0.416 e. The Labute approximate surface area is 205 Å². The van der Waals surface area contributed by atoms with Gasteiger partial charge in [0.05, 0.1) is 18.7 Å². The molecule has 0 bridgehead atoms. The van der Waals surface area contributed by atoms with Gasteiger partial charge in [0, 0.05) is 16.8 Å². The maximum Gasteiger partial charge on any atom is 0.416 e. The molecular weight excluding hydrogens is 473 g/mol. The molecule has 4 rings (SSSR count). The Morgan fingerprint density at radius 2 is 1.72 bits per heavy atom. The Kier molecular flexibility index (Phi) is 7.00. The van der Waals surface area contributed by atoms with Gasteiger partial charge in [-0.3, -0.25) is 4.79 Å². The zero-order chi connectivity index (χ0) is 25.9. The second-order valence-corrected chi connectivity index (χ2v) is 8.16. The number of alkyl halides is 3. The highest BCUT2D eigenvalue weighted by atomic mass is 19.4. The summed E-state index contributed by atoms with van der Waals surface area (Å²) >= 11 is 0. The standard InChI is InChI=1S/C27H23F3N2O4/c1-16-23(25(33)18-8-4-3-5-9-18)24(32-26(34)31-16)19-11-12-21(22(14-19)35-2)36-15-17-7-6-10-20(13-17)27(28,29)30/h3-14,24H,15H2,1-2H3,(H2,31,32,34). The molecular formula is C27H23F3N2O4. The van der Waals surface area contributed by atoms with Crippen molar-refractivity contribution < 1.29 is 32.2 Å². The fraction of sp³-hybridized carbons (Fsp3) is 0.185. The molecule has 1 aliphatic rings. The molecule has 1 atom stereocenters. The van der Waals surface area contributed by atoms with E-state index < -0.39 is 23.8 Å². The van der Waals surface area contributed by atoms with Crippen LogP contribution in [0.5, 0.6) is 11.5 Å². The van der Waals surface area contributed by atoms with Crippen LogP contribution in [-0.4, -0.2) is 18.9 Å². The summed E-state index contributed by atoms with van der Waals surface area (Å²) in [4.78, 5) is 25.5. The van der Waals surface area contributed by atoms with Crippen molar-refractivity contribution in [2.24, 2.45) is 0 Å². The number of methoxy groups -OCH3 is 1. The molecule has 3 aromatic rings. The Balaban J connectivity index is 1.61. The molecule has 36 heavy (non-hydrogen) atoms. The molecule has 1 unspecified atom stereocenters. The molecule has 0 aromatic heterocycles. The maximum absolute atomic E-state index is 13.3. The van der Waals surface area contributed by atoms with Gasteiger partial charge < -0.3 is 20.1 Å². The van der Waals surface area contributed by atoms with Crippen LogP contribution < -0.4 is 20.1 Å². The average molecular weight is 496 g/mol. The van der Waals surface area contributed by atoms with Gasteiger partial charge in [-0.15, -0.1) is 0 Å². The minimum Gasteiger partial charge on any atom is -0.493 e. The number of carbonyl (C=O) groups is 2. The van der Waals surface area contributed by atoms with Crippen LogP contribution in [0.1, 0.15) is 40.0 Å². The number of urea groups is 1. The van der Waals surface area contributed by atoms with Crippen LogP contribution in [0.15, 0.2) is 84.1 Å². The summed E-state index contributed by atoms with van der Waals surface area (Å²) in [7, 11) is 1.42. The number of hydrogen-bond acceptors (Lipinski definition) is 4. The van der Waals surface area contributed by atoms with E-state index in [4.69, 9.17) is 9.47 Å². The zero-order valence-corrected chi connectivity index (χ0v) is 19.5. The highest BCUT2D eigenvalue weighted by molar-refractivity contribution is 6.11. The number of halogens is 3. The van der Waals surface area contributed by atoms with E-state index in [0.717, 1.165) is 12.1 Å². The Morgan fingerprint density at radius 1 is 0.972 bits per heavy atom. The topological polar surface area (TPSA) is 76.7 Å². The van der Waals surface area contributed by atoms with Crippen molar-refractivity contribution in [3.8, 4) is 11.5 Å². The third-order valence-electron chi connectivity index (χ3n) is 5.72. The summed E-state index contributed by atoms with van der Waals surface area (Å²) in [5, 5.41) is 5.43. The molecule has 0 spiro atoms. The molecule has 0 fully saturated rings. The van der Waals surface area contributed by atoms with Crippen LogP contribution in [-0.2, 0) is 12.8 Å². The molecule has 0 radical (unpaired) electrons. The van der Waals surface area contributed by atoms with Gasteiger partial charge in [0.1, 0.15) is 6.61 Å². The van der Waals surface area contributed by atoms with Crippen molar-refractivity contribution >= 4 is 11.8 Å². The molecule has 2 amide bonds. The number of ketones is 1. The van der Waals surface area contributed by atoms with Crippen molar-refractivity contribution in [1.29, 1.82) is 0 Å². The van der Waals surface area contributed by atoms with Crippen LogP contribution in [0.25, 0.3) is 0 Å². The lowest BCUT2D eigenvalue weighted by molar-refractivity contribution is -0.137. The second kappa shape index (κ2) is 10.2. The Bertz CT molecular complexity index is 1320. The lowest BCUT2D eigenvalue weighted by atomic mass is 9.89. The summed E-state index contributed by atoms with van der Waals surface area (Å²) in [6.07, 6.45) is -4.45. The number of carbonyl (C=O) groups excluding carboxylic acids is 2. The van der Waals surface area contributed by atoms with Gasteiger partial charge in [-0.05, 0) is 42.3 Å².